The van der Waals surface area contributed by atoms with Crippen molar-refractivity contribution in [3.05, 3.63) is 60.2 Å². The molecule has 0 aliphatic carbocycles. The second-order valence-electron chi connectivity index (χ2n) is 7.64. The van der Waals surface area contributed by atoms with Crippen molar-refractivity contribution in [2.75, 3.05) is 30.3 Å². The zero-order valence-corrected chi connectivity index (χ0v) is 17.8. The predicted molar refractivity (Wildman–Crippen MR) is 120 cm³/mol. The van der Waals surface area contributed by atoms with Crippen LogP contribution >= 0.6 is 0 Å². The van der Waals surface area contributed by atoms with Crippen LogP contribution in [0, 0.1) is 5.92 Å². The third-order valence-electron chi connectivity index (χ3n) is 5.22. The molecule has 1 heterocycles. The number of carbonyl (C=O) groups excluding carboxylic acids is 3. The van der Waals surface area contributed by atoms with Gasteiger partial charge in [0.15, 0.2) is 0 Å². The van der Waals surface area contributed by atoms with Gasteiger partial charge in [0.1, 0.15) is 0 Å². The quantitative estimate of drug-likeness (QED) is 0.506. The summed E-state index contributed by atoms with van der Waals surface area (Å²) < 4.78 is 5.19. The zero-order chi connectivity index (χ0) is 22.1. The van der Waals surface area contributed by atoms with Gasteiger partial charge in [-0.05, 0) is 55.7 Å². The maximum atomic E-state index is 12.7. The van der Waals surface area contributed by atoms with Crippen LogP contribution in [0.1, 0.15) is 43.0 Å². The number of para-hydroxylation sites is 1. The Bertz CT molecular complexity index is 883. The van der Waals surface area contributed by atoms with E-state index in [1.807, 2.05) is 37.3 Å². The lowest BCUT2D eigenvalue weighted by molar-refractivity contribution is -0.121. The van der Waals surface area contributed by atoms with Gasteiger partial charge in [-0.3, -0.25) is 4.79 Å². The van der Waals surface area contributed by atoms with E-state index in [9.17, 15) is 14.4 Å². The highest BCUT2D eigenvalue weighted by Gasteiger charge is 2.28. The summed E-state index contributed by atoms with van der Waals surface area (Å²) >= 11 is 0. The van der Waals surface area contributed by atoms with E-state index in [1.165, 1.54) is 0 Å². The molecule has 0 aromatic heterocycles. The second-order valence-corrected chi connectivity index (χ2v) is 7.64. The molecule has 3 rings (SSSR count). The maximum Gasteiger partial charge on any atom is 0.338 e. The molecule has 2 aromatic rings. The summed E-state index contributed by atoms with van der Waals surface area (Å²) in [4.78, 5) is 38.9. The highest BCUT2D eigenvalue weighted by atomic mass is 16.5. The van der Waals surface area contributed by atoms with Gasteiger partial charge < -0.3 is 20.3 Å². The molecular formula is C24H29N3O4. The normalized spacial score (nSPS) is 15.8. The lowest BCUT2D eigenvalue weighted by Crippen LogP contribution is -2.45. The monoisotopic (exact) mass is 423 g/mol. The second kappa shape index (κ2) is 11.2. The summed E-state index contributed by atoms with van der Waals surface area (Å²) in [5.41, 5.74) is 1.80. The van der Waals surface area contributed by atoms with Gasteiger partial charge in [-0.1, -0.05) is 31.5 Å². The van der Waals surface area contributed by atoms with Crippen molar-refractivity contribution in [1.29, 1.82) is 0 Å². The fourth-order valence-electron chi connectivity index (χ4n) is 3.43. The van der Waals surface area contributed by atoms with E-state index in [4.69, 9.17) is 4.74 Å². The number of ether oxygens (including phenoxy) is 1. The summed E-state index contributed by atoms with van der Waals surface area (Å²) in [6, 6.07) is 15.7. The molecule has 1 saturated heterocycles. The number of benzene rings is 2. The zero-order valence-electron chi connectivity index (χ0n) is 17.8. The van der Waals surface area contributed by atoms with Gasteiger partial charge in [0.05, 0.1) is 18.1 Å². The van der Waals surface area contributed by atoms with Crippen molar-refractivity contribution in [3.63, 3.8) is 0 Å². The van der Waals surface area contributed by atoms with Gasteiger partial charge in [0, 0.05) is 24.5 Å². The van der Waals surface area contributed by atoms with Crippen molar-refractivity contribution in [3.8, 4) is 0 Å². The number of hydrogen-bond acceptors (Lipinski definition) is 4. The fourth-order valence-corrected chi connectivity index (χ4v) is 3.43. The summed E-state index contributed by atoms with van der Waals surface area (Å²) in [7, 11) is 0. The number of rotatable bonds is 7. The average molecular weight is 424 g/mol. The third-order valence-corrected chi connectivity index (χ3v) is 5.22. The smallest absolute Gasteiger partial charge is 0.338 e. The average Bonchev–Trinajstić information content (AvgIpc) is 2.80. The number of nitrogens with zero attached hydrogens (tertiary/aromatic N) is 1. The van der Waals surface area contributed by atoms with Crippen molar-refractivity contribution in [2.45, 2.75) is 32.6 Å². The number of urea groups is 1. The Morgan fingerprint density at radius 1 is 1.00 bits per heavy atom. The molecule has 0 unspecified atom stereocenters. The molecule has 2 aromatic carbocycles. The number of hydrogen-bond donors (Lipinski definition) is 2. The van der Waals surface area contributed by atoms with Crippen LogP contribution in [0.15, 0.2) is 54.6 Å². The van der Waals surface area contributed by atoms with Crippen LogP contribution < -0.4 is 10.6 Å². The first-order chi connectivity index (χ1) is 15.1. The Morgan fingerprint density at radius 3 is 2.42 bits per heavy atom. The van der Waals surface area contributed by atoms with Gasteiger partial charge in [-0.2, -0.15) is 0 Å². The van der Waals surface area contributed by atoms with Gasteiger partial charge in [-0.25, -0.2) is 9.59 Å². The van der Waals surface area contributed by atoms with E-state index < -0.39 is 0 Å². The highest BCUT2D eigenvalue weighted by Crippen LogP contribution is 2.20. The Kier molecular flexibility index (Phi) is 8.04. The topological polar surface area (TPSA) is 87.7 Å². The number of unbranched alkanes of at least 4 members (excludes halogenated alkanes) is 1. The van der Waals surface area contributed by atoms with Gasteiger partial charge in [-0.15, -0.1) is 0 Å². The molecular weight excluding hydrogens is 394 g/mol. The lowest BCUT2D eigenvalue weighted by atomic mass is 9.97. The van der Waals surface area contributed by atoms with Crippen LogP contribution in [0.3, 0.4) is 0 Å². The van der Waals surface area contributed by atoms with Crippen molar-refractivity contribution >= 4 is 29.3 Å². The number of esters is 1. The van der Waals surface area contributed by atoms with Gasteiger partial charge in [0.25, 0.3) is 0 Å². The number of likely N-dealkylation sites (tertiary alicyclic amines) is 1. The molecule has 31 heavy (non-hydrogen) atoms. The van der Waals surface area contributed by atoms with E-state index in [-0.39, 0.29) is 23.8 Å². The minimum Gasteiger partial charge on any atom is -0.462 e. The van der Waals surface area contributed by atoms with E-state index in [2.05, 4.69) is 10.6 Å². The first-order valence-electron chi connectivity index (χ1n) is 10.8. The molecule has 0 saturated carbocycles. The standard InChI is InChI=1S/C24H29N3O4/c1-2-3-16-31-23(29)18-11-13-21(14-12-18)25-22(28)19-8-7-15-27(17-19)24(30)26-20-9-5-4-6-10-20/h4-6,9-14,19H,2-3,7-8,15-17H2,1H3,(H,25,28)(H,26,30)/t19-/m0/s1. The van der Waals surface area contributed by atoms with Crippen LogP contribution in [0.2, 0.25) is 0 Å². The maximum absolute atomic E-state index is 12.7. The van der Waals surface area contributed by atoms with Crippen LogP contribution in [0.4, 0.5) is 16.2 Å². The van der Waals surface area contributed by atoms with Gasteiger partial charge in [0.2, 0.25) is 5.91 Å². The highest BCUT2D eigenvalue weighted by molar-refractivity contribution is 5.95. The lowest BCUT2D eigenvalue weighted by Gasteiger charge is -2.32. The van der Waals surface area contributed by atoms with Crippen LogP contribution in [0.25, 0.3) is 0 Å². The van der Waals surface area contributed by atoms with Crippen LogP contribution in [-0.2, 0) is 9.53 Å². The molecule has 1 aliphatic heterocycles. The minimum absolute atomic E-state index is 0.129. The minimum atomic E-state index is -0.362. The van der Waals surface area contributed by atoms with E-state index in [0.717, 1.165) is 31.4 Å². The largest absolute Gasteiger partial charge is 0.462 e. The number of nitrogens with one attached hydrogen (secondary N) is 2. The molecule has 0 bridgehead atoms. The molecule has 7 heteroatoms. The number of piperidine rings is 1. The molecule has 7 nitrogen and oxygen atoms in total. The van der Waals surface area contributed by atoms with Crippen molar-refractivity contribution in [2.24, 2.45) is 5.92 Å². The molecule has 1 atom stereocenters. The van der Waals surface area contributed by atoms with Crippen LogP contribution in [0.5, 0.6) is 0 Å². The fraction of sp³-hybridized carbons (Fsp3) is 0.375. The predicted octanol–water partition coefficient (Wildman–Crippen LogP) is 4.53. The Labute approximate surface area is 182 Å². The Hall–Kier alpha value is -3.35. The molecule has 164 valence electrons. The molecule has 3 amide bonds. The molecule has 1 aliphatic rings. The number of carbonyl (C=O) groups is 3. The summed E-state index contributed by atoms with van der Waals surface area (Å²) in [5, 5.41) is 5.76. The van der Waals surface area contributed by atoms with E-state index in [1.54, 1.807) is 29.2 Å². The summed E-state index contributed by atoms with van der Waals surface area (Å²) in [6.45, 7) is 3.43. The third kappa shape index (κ3) is 6.57. The van der Waals surface area contributed by atoms with Crippen LogP contribution in [-0.4, -0.2) is 42.5 Å². The first-order valence-corrected chi connectivity index (χ1v) is 10.8. The molecule has 0 spiro atoms. The number of anilines is 2. The van der Waals surface area contributed by atoms with E-state index >= 15 is 0 Å². The summed E-state index contributed by atoms with van der Waals surface area (Å²) in [6.07, 6.45) is 3.29. The SMILES string of the molecule is CCCCOC(=O)c1ccc(NC(=O)[C@H]2CCCN(C(=O)Nc3ccccc3)C2)cc1. The molecule has 2 N–H and O–H groups in total. The molecule has 1 fully saturated rings. The number of amides is 3. The Morgan fingerprint density at radius 2 is 1.71 bits per heavy atom. The van der Waals surface area contributed by atoms with Gasteiger partial charge >= 0.3 is 12.0 Å². The Balaban J connectivity index is 1.51. The van der Waals surface area contributed by atoms with Crippen molar-refractivity contribution < 1.29 is 19.1 Å². The van der Waals surface area contributed by atoms with E-state index in [0.29, 0.717) is 30.9 Å². The summed E-state index contributed by atoms with van der Waals surface area (Å²) in [5.74, 6) is -0.775. The van der Waals surface area contributed by atoms with Crippen molar-refractivity contribution in [1.82, 2.24) is 4.90 Å². The first kappa shape index (κ1) is 22.3. The molecule has 0 radical (unpaired) electrons.